The number of sulfonamides is 1. The van der Waals surface area contributed by atoms with Gasteiger partial charge >= 0.3 is 0 Å². The highest BCUT2D eigenvalue weighted by Crippen LogP contribution is 2.29. The van der Waals surface area contributed by atoms with Gasteiger partial charge in [-0.15, -0.1) is 0 Å². The second-order valence-electron chi connectivity index (χ2n) is 9.13. The molecule has 3 aromatic carbocycles. The maximum atomic E-state index is 14.0. The van der Waals surface area contributed by atoms with E-state index in [9.17, 15) is 18.0 Å². The Hall–Kier alpha value is -3.07. The molecular weight excluding hydrogens is 557 g/mol. The summed E-state index contributed by atoms with van der Waals surface area (Å²) < 4.78 is 28.8. The van der Waals surface area contributed by atoms with Crippen molar-refractivity contribution in [1.82, 2.24) is 10.2 Å². The second kappa shape index (κ2) is 13.3. The van der Waals surface area contributed by atoms with Gasteiger partial charge in [0.1, 0.15) is 12.6 Å². The molecule has 39 heavy (non-hydrogen) atoms. The number of carbonyl (C=O) groups is 2. The molecule has 3 rings (SSSR count). The second-order valence-corrected chi connectivity index (χ2v) is 11.8. The van der Waals surface area contributed by atoms with Gasteiger partial charge in [-0.2, -0.15) is 0 Å². The van der Waals surface area contributed by atoms with Gasteiger partial charge in [0.25, 0.3) is 10.0 Å². The number of aryl methyl sites for hydroxylation is 2. The van der Waals surface area contributed by atoms with Crippen molar-refractivity contribution in [2.75, 3.05) is 17.4 Å². The summed E-state index contributed by atoms with van der Waals surface area (Å²) in [5.74, 6) is -0.915. The molecule has 0 saturated carbocycles. The van der Waals surface area contributed by atoms with Crippen molar-refractivity contribution in [3.05, 3.63) is 93.5 Å². The minimum Gasteiger partial charge on any atom is -0.355 e. The van der Waals surface area contributed by atoms with Crippen molar-refractivity contribution in [3.63, 3.8) is 0 Å². The van der Waals surface area contributed by atoms with E-state index in [4.69, 9.17) is 23.2 Å². The summed E-state index contributed by atoms with van der Waals surface area (Å²) in [5, 5.41) is 3.45. The predicted molar refractivity (Wildman–Crippen MR) is 157 cm³/mol. The Morgan fingerprint density at radius 1 is 0.897 bits per heavy atom. The van der Waals surface area contributed by atoms with Gasteiger partial charge in [0, 0.05) is 28.7 Å². The lowest BCUT2D eigenvalue weighted by molar-refractivity contribution is -0.140. The normalized spacial score (nSPS) is 12.1. The third kappa shape index (κ3) is 7.12. The number of halogens is 2. The van der Waals surface area contributed by atoms with Crippen molar-refractivity contribution < 1.29 is 18.0 Å². The number of likely N-dealkylation sites (N-methyl/N-ethyl adjacent to an activating group) is 1. The minimum absolute atomic E-state index is 0.0486. The zero-order chi connectivity index (χ0) is 28.7. The van der Waals surface area contributed by atoms with E-state index >= 15 is 0 Å². The van der Waals surface area contributed by atoms with Crippen LogP contribution in [0.1, 0.15) is 37.0 Å². The van der Waals surface area contributed by atoms with E-state index in [-0.39, 0.29) is 17.3 Å². The summed E-state index contributed by atoms with van der Waals surface area (Å²) in [6, 6.07) is 17.3. The molecule has 1 unspecified atom stereocenters. The Kier molecular flexibility index (Phi) is 10.4. The summed E-state index contributed by atoms with van der Waals surface area (Å²) >= 11 is 12.8. The molecule has 10 heteroatoms. The third-order valence-electron chi connectivity index (χ3n) is 6.52. The molecule has 0 aliphatic heterocycles. The van der Waals surface area contributed by atoms with Crippen LogP contribution < -0.4 is 9.62 Å². The predicted octanol–water partition coefficient (Wildman–Crippen LogP) is 5.75. The highest BCUT2D eigenvalue weighted by atomic mass is 35.5. The van der Waals surface area contributed by atoms with Gasteiger partial charge in [-0.3, -0.25) is 13.9 Å². The maximum absolute atomic E-state index is 14.0. The van der Waals surface area contributed by atoms with Gasteiger partial charge < -0.3 is 10.2 Å². The highest BCUT2D eigenvalue weighted by molar-refractivity contribution is 7.92. The first kappa shape index (κ1) is 30.5. The van der Waals surface area contributed by atoms with Crippen LogP contribution in [0.2, 0.25) is 10.0 Å². The topological polar surface area (TPSA) is 86.8 Å². The molecule has 0 aromatic heterocycles. The standard InChI is InChI=1S/C29H33Cl2N3O4S/c1-5-27(29(36)32-6-2)33(18-24-25(30)13-10-14-26(24)31)28(35)19-34(22-16-15-20(3)21(4)17-22)39(37,38)23-11-8-7-9-12-23/h7-17,27H,5-6,18-19H2,1-4H3,(H,32,36). The molecule has 1 atom stereocenters. The number of hydrogen-bond donors (Lipinski definition) is 1. The van der Waals surface area contributed by atoms with Crippen LogP contribution in [0, 0.1) is 13.8 Å². The van der Waals surface area contributed by atoms with Crippen LogP contribution in [0.3, 0.4) is 0 Å². The van der Waals surface area contributed by atoms with Crippen LogP contribution in [0.15, 0.2) is 71.6 Å². The fourth-order valence-electron chi connectivity index (χ4n) is 4.19. The van der Waals surface area contributed by atoms with Crippen LogP contribution in [0.4, 0.5) is 5.69 Å². The van der Waals surface area contributed by atoms with Crippen LogP contribution in [-0.2, 0) is 26.2 Å². The summed E-state index contributed by atoms with van der Waals surface area (Å²) in [7, 11) is -4.13. The SMILES string of the molecule is CCNC(=O)C(CC)N(Cc1c(Cl)cccc1Cl)C(=O)CN(c1ccc(C)c(C)c1)S(=O)(=O)c1ccccc1. The summed E-state index contributed by atoms with van der Waals surface area (Å²) in [6.45, 7) is 7.15. The number of amides is 2. The number of anilines is 1. The zero-order valence-corrected chi connectivity index (χ0v) is 24.8. The minimum atomic E-state index is -4.13. The molecule has 0 fully saturated rings. The molecule has 208 valence electrons. The summed E-state index contributed by atoms with van der Waals surface area (Å²) in [4.78, 5) is 28.5. The number of rotatable bonds is 11. The molecule has 0 radical (unpaired) electrons. The van der Waals surface area contributed by atoms with E-state index in [1.165, 1.54) is 17.0 Å². The molecular formula is C29H33Cl2N3O4S. The fraction of sp³-hybridized carbons (Fsp3) is 0.310. The largest absolute Gasteiger partial charge is 0.355 e. The van der Waals surface area contributed by atoms with Gasteiger partial charge in [-0.05, 0) is 74.7 Å². The third-order valence-corrected chi connectivity index (χ3v) is 9.01. The van der Waals surface area contributed by atoms with Crippen molar-refractivity contribution in [3.8, 4) is 0 Å². The van der Waals surface area contributed by atoms with Crippen molar-refractivity contribution in [2.45, 2.75) is 51.6 Å². The van der Waals surface area contributed by atoms with Gasteiger partial charge in [-0.25, -0.2) is 8.42 Å². The van der Waals surface area contributed by atoms with E-state index in [0.717, 1.165) is 15.4 Å². The molecule has 2 amide bonds. The summed E-state index contributed by atoms with van der Waals surface area (Å²) in [6.07, 6.45) is 0.300. The van der Waals surface area contributed by atoms with Gasteiger partial charge in [0.05, 0.1) is 10.6 Å². The first-order chi connectivity index (χ1) is 18.5. The quantitative estimate of drug-likeness (QED) is 0.308. The molecule has 7 nitrogen and oxygen atoms in total. The average molecular weight is 591 g/mol. The van der Waals surface area contributed by atoms with Crippen molar-refractivity contribution >= 4 is 50.7 Å². The Morgan fingerprint density at radius 3 is 2.10 bits per heavy atom. The maximum Gasteiger partial charge on any atom is 0.264 e. The lowest BCUT2D eigenvalue weighted by atomic mass is 10.1. The molecule has 0 heterocycles. The molecule has 1 N–H and O–H groups in total. The van der Waals surface area contributed by atoms with E-state index < -0.39 is 28.5 Å². The van der Waals surface area contributed by atoms with Gasteiger partial charge in [0.15, 0.2) is 0 Å². The zero-order valence-electron chi connectivity index (χ0n) is 22.4. The fourth-order valence-corrected chi connectivity index (χ4v) is 6.14. The molecule has 3 aromatic rings. The van der Waals surface area contributed by atoms with Crippen LogP contribution in [-0.4, -0.2) is 44.3 Å². The monoisotopic (exact) mass is 589 g/mol. The van der Waals surface area contributed by atoms with Crippen molar-refractivity contribution in [2.24, 2.45) is 0 Å². The Morgan fingerprint density at radius 2 is 1.54 bits per heavy atom. The number of hydrogen-bond acceptors (Lipinski definition) is 4. The molecule has 0 spiro atoms. The first-order valence-electron chi connectivity index (χ1n) is 12.7. The smallest absolute Gasteiger partial charge is 0.264 e. The van der Waals surface area contributed by atoms with Crippen LogP contribution in [0.5, 0.6) is 0 Å². The average Bonchev–Trinajstić information content (AvgIpc) is 2.91. The van der Waals surface area contributed by atoms with Crippen LogP contribution >= 0.6 is 23.2 Å². The van der Waals surface area contributed by atoms with E-state index in [1.54, 1.807) is 62.4 Å². The number of benzene rings is 3. The lowest BCUT2D eigenvalue weighted by Crippen LogP contribution is -2.52. The first-order valence-corrected chi connectivity index (χ1v) is 14.9. The van der Waals surface area contributed by atoms with Crippen molar-refractivity contribution in [1.29, 1.82) is 0 Å². The molecule has 0 aliphatic rings. The Bertz CT molecular complexity index is 1410. The van der Waals surface area contributed by atoms with Gasteiger partial charge in [0.2, 0.25) is 11.8 Å². The number of carbonyl (C=O) groups excluding carboxylic acids is 2. The summed E-state index contributed by atoms with van der Waals surface area (Å²) in [5.41, 5.74) is 2.68. The molecule has 0 bridgehead atoms. The van der Waals surface area contributed by atoms with Crippen LogP contribution in [0.25, 0.3) is 0 Å². The molecule has 0 saturated heterocycles. The lowest BCUT2D eigenvalue weighted by Gasteiger charge is -2.33. The van der Waals surface area contributed by atoms with E-state index in [1.807, 2.05) is 19.9 Å². The van der Waals surface area contributed by atoms with E-state index in [2.05, 4.69) is 5.32 Å². The Labute approximate surface area is 240 Å². The highest BCUT2D eigenvalue weighted by Gasteiger charge is 2.34. The number of nitrogens with zero attached hydrogens (tertiary/aromatic N) is 2. The molecule has 0 aliphatic carbocycles. The number of nitrogens with one attached hydrogen (secondary N) is 1. The van der Waals surface area contributed by atoms with Gasteiger partial charge in [-0.1, -0.05) is 60.5 Å². The van der Waals surface area contributed by atoms with E-state index in [0.29, 0.717) is 34.3 Å². The Balaban J connectivity index is 2.11.